The minimum Gasteiger partial charge on any atom is -0.465 e. The van der Waals surface area contributed by atoms with Crippen LogP contribution in [0.1, 0.15) is 32.2 Å². The molecule has 26 heavy (non-hydrogen) atoms. The molecule has 0 bridgehead atoms. The van der Waals surface area contributed by atoms with Gasteiger partial charge < -0.3 is 19.2 Å². The molecular weight excluding hydrogens is 385 g/mol. The van der Waals surface area contributed by atoms with Gasteiger partial charge in [0.1, 0.15) is 30.2 Å². The highest BCUT2D eigenvalue weighted by Crippen LogP contribution is 2.20. The van der Waals surface area contributed by atoms with Crippen LogP contribution in [-0.4, -0.2) is 31.5 Å². The molecule has 1 N–H and O–H groups in total. The molecule has 0 atom stereocenters. The minimum absolute atomic E-state index is 0.171. The first-order chi connectivity index (χ1) is 12.3. The second-order valence-electron chi connectivity index (χ2n) is 5.14. The Morgan fingerprint density at radius 1 is 1.15 bits per heavy atom. The van der Waals surface area contributed by atoms with Crippen molar-refractivity contribution >= 4 is 41.0 Å². The molecular formula is C17H15Cl2NO6. The summed E-state index contributed by atoms with van der Waals surface area (Å²) in [6, 6.07) is 5.82. The molecule has 1 aromatic carbocycles. The number of benzene rings is 1. The quantitative estimate of drug-likeness (QED) is 0.749. The second-order valence-corrected chi connectivity index (χ2v) is 5.99. The Morgan fingerprint density at radius 3 is 2.54 bits per heavy atom. The van der Waals surface area contributed by atoms with Crippen molar-refractivity contribution in [3.63, 3.8) is 0 Å². The third kappa shape index (κ3) is 5.00. The zero-order chi connectivity index (χ0) is 19.3. The normalized spacial score (nSPS) is 10.3. The van der Waals surface area contributed by atoms with E-state index in [0.717, 1.165) is 0 Å². The topological polar surface area (TPSA) is 94.8 Å². The fourth-order valence-corrected chi connectivity index (χ4v) is 2.55. The Balaban J connectivity index is 1.85. The number of carbonyl (C=O) groups excluding carboxylic acids is 3. The number of hydrogen-bond donors (Lipinski definition) is 1. The summed E-state index contributed by atoms with van der Waals surface area (Å²) in [5.74, 6) is -1.13. The molecule has 0 saturated heterocycles. The van der Waals surface area contributed by atoms with Gasteiger partial charge in [-0.05, 0) is 31.2 Å². The van der Waals surface area contributed by atoms with E-state index in [-0.39, 0.29) is 35.1 Å². The van der Waals surface area contributed by atoms with E-state index in [0.29, 0.717) is 10.8 Å². The van der Waals surface area contributed by atoms with E-state index in [9.17, 15) is 14.4 Å². The maximum absolute atomic E-state index is 12.0. The minimum atomic E-state index is -0.683. The van der Waals surface area contributed by atoms with Gasteiger partial charge in [-0.1, -0.05) is 23.2 Å². The number of ether oxygens (including phenoxy) is 2. The van der Waals surface area contributed by atoms with Crippen LogP contribution in [0, 0.1) is 6.92 Å². The van der Waals surface area contributed by atoms with Crippen molar-refractivity contribution in [3.8, 4) is 0 Å². The molecule has 0 aliphatic rings. The zero-order valence-corrected chi connectivity index (χ0v) is 15.4. The Labute approximate surface area is 159 Å². The summed E-state index contributed by atoms with van der Waals surface area (Å²) in [5.41, 5.74) is 0.442. The molecule has 138 valence electrons. The van der Waals surface area contributed by atoms with E-state index >= 15 is 0 Å². The molecule has 0 spiro atoms. The molecule has 7 nitrogen and oxygen atoms in total. The van der Waals surface area contributed by atoms with Crippen LogP contribution < -0.4 is 5.32 Å². The summed E-state index contributed by atoms with van der Waals surface area (Å²) >= 11 is 11.7. The summed E-state index contributed by atoms with van der Waals surface area (Å²) in [4.78, 5) is 35.2. The van der Waals surface area contributed by atoms with E-state index < -0.39 is 17.8 Å². The largest absolute Gasteiger partial charge is 0.465 e. The molecule has 1 amide bonds. The molecule has 0 radical (unpaired) electrons. The van der Waals surface area contributed by atoms with Gasteiger partial charge in [-0.15, -0.1) is 0 Å². The highest BCUT2D eigenvalue weighted by molar-refractivity contribution is 6.36. The molecule has 0 fully saturated rings. The first kappa shape index (κ1) is 19.8. The first-order valence-corrected chi connectivity index (χ1v) is 8.14. The molecule has 0 unspecified atom stereocenters. The maximum atomic E-state index is 12.0. The van der Waals surface area contributed by atoms with Gasteiger partial charge in [0.2, 0.25) is 0 Å². The van der Waals surface area contributed by atoms with Gasteiger partial charge in [-0.2, -0.15) is 0 Å². The monoisotopic (exact) mass is 399 g/mol. The van der Waals surface area contributed by atoms with E-state index in [2.05, 4.69) is 10.1 Å². The van der Waals surface area contributed by atoms with E-state index in [4.69, 9.17) is 32.4 Å². The number of furan rings is 1. The number of amides is 1. The van der Waals surface area contributed by atoms with Gasteiger partial charge in [0.25, 0.3) is 5.91 Å². The van der Waals surface area contributed by atoms with Gasteiger partial charge >= 0.3 is 11.9 Å². The third-order valence-electron chi connectivity index (χ3n) is 3.32. The SMILES string of the molecule is COC(=O)c1cc(COC(=O)CNC(=O)c2ccc(Cl)cc2Cl)oc1C. The van der Waals surface area contributed by atoms with E-state index in [1.54, 1.807) is 6.92 Å². The molecule has 9 heteroatoms. The molecule has 1 heterocycles. The van der Waals surface area contributed by atoms with Crippen molar-refractivity contribution in [3.05, 3.63) is 57.0 Å². The van der Waals surface area contributed by atoms with Gasteiger partial charge in [0, 0.05) is 5.02 Å². The van der Waals surface area contributed by atoms with Crippen LogP contribution in [0.25, 0.3) is 0 Å². The van der Waals surface area contributed by atoms with Crippen LogP contribution >= 0.6 is 23.2 Å². The Morgan fingerprint density at radius 2 is 1.88 bits per heavy atom. The van der Waals surface area contributed by atoms with E-state index in [1.165, 1.54) is 31.4 Å². The summed E-state index contributed by atoms with van der Waals surface area (Å²) < 4.78 is 14.9. The lowest BCUT2D eigenvalue weighted by Gasteiger charge is -2.07. The van der Waals surface area contributed by atoms with Gasteiger partial charge in [0.15, 0.2) is 0 Å². The number of aryl methyl sites for hydroxylation is 1. The molecule has 1 aromatic heterocycles. The number of hydrogen-bond acceptors (Lipinski definition) is 6. The standard InChI is InChI=1S/C17H15Cl2NO6/c1-9-13(17(23)24-2)6-11(26-9)8-25-15(21)7-20-16(22)12-4-3-10(18)5-14(12)19/h3-6H,7-8H2,1-2H3,(H,20,22). The van der Waals surface area contributed by atoms with Gasteiger partial charge in [-0.25, -0.2) is 4.79 Å². The lowest BCUT2D eigenvalue weighted by atomic mass is 10.2. The summed E-state index contributed by atoms with van der Waals surface area (Å²) in [6.45, 7) is 1.04. The number of nitrogens with one attached hydrogen (secondary N) is 1. The molecule has 2 rings (SSSR count). The van der Waals surface area contributed by atoms with Crippen LogP contribution in [0.5, 0.6) is 0 Å². The van der Waals surface area contributed by atoms with Crippen molar-refractivity contribution in [1.29, 1.82) is 0 Å². The van der Waals surface area contributed by atoms with Gasteiger partial charge in [0.05, 0.1) is 17.7 Å². The summed E-state index contributed by atoms with van der Waals surface area (Å²) in [7, 11) is 1.25. The summed E-state index contributed by atoms with van der Waals surface area (Å²) in [5, 5.41) is 2.96. The van der Waals surface area contributed by atoms with Crippen LogP contribution in [0.2, 0.25) is 10.0 Å². The molecule has 0 aliphatic carbocycles. The lowest BCUT2D eigenvalue weighted by molar-refractivity contribution is -0.144. The number of rotatable bonds is 6. The van der Waals surface area contributed by atoms with Crippen LogP contribution in [0.3, 0.4) is 0 Å². The highest BCUT2D eigenvalue weighted by Gasteiger charge is 2.17. The number of carbonyl (C=O) groups is 3. The van der Waals surface area contributed by atoms with Crippen LogP contribution in [0.4, 0.5) is 0 Å². The van der Waals surface area contributed by atoms with Gasteiger partial charge in [-0.3, -0.25) is 9.59 Å². The zero-order valence-electron chi connectivity index (χ0n) is 13.9. The first-order valence-electron chi connectivity index (χ1n) is 7.38. The predicted molar refractivity (Wildman–Crippen MR) is 93.4 cm³/mol. The fourth-order valence-electron chi connectivity index (χ4n) is 2.05. The third-order valence-corrected chi connectivity index (χ3v) is 3.87. The molecule has 2 aromatic rings. The average Bonchev–Trinajstić information content (AvgIpc) is 2.98. The van der Waals surface area contributed by atoms with Crippen molar-refractivity contribution < 1.29 is 28.3 Å². The fraction of sp³-hybridized carbons (Fsp3) is 0.235. The number of halogens is 2. The Kier molecular flexibility index (Phi) is 6.65. The molecule has 0 saturated carbocycles. The summed E-state index contributed by atoms with van der Waals surface area (Å²) in [6.07, 6.45) is 0. The Hall–Kier alpha value is -2.51. The van der Waals surface area contributed by atoms with Crippen molar-refractivity contribution in [2.24, 2.45) is 0 Å². The van der Waals surface area contributed by atoms with Crippen molar-refractivity contribution in [2.75, 3.05) is 13.7 Å². The Bertz CT molecular complexity index is 846. The second kappa shape index (κ2) is 8.73. The highest BCUT2D eigenvalue weighted by atomic mass is 35.5. The van der Waals surface area contributed by atoms with Crippen LogP contribution in [-0.2, 0) is 20.9 Å². The number of esters is 2. The van der Waals surface area contributed by atoms with E-state index in [1.807, 2.05) is 0 Å². The van der Waals surface area contributed by atoms with Crippen molar-refractivity contribution in [1.82, 2.24) is 5.32 Å². The average molecular weight is 400 g/mol. The van der Waals surface area contributed by atoms with Crippen molar-refractivity contribution in [2.45, 2.75) is 13.5 Å². The smallest absolute Gasteiger partial charge is 0.341 e. The molecule has 0 aliphatic heterocycles. The predicted octanol–water partition coefficient (Wildman–Crippen LogP) is 3.15. The number of methoxy groups -OCH3 is 1. The maximum Gasteiger partial charge on any atom is 0.341 e. The lowest BCUT2D eigenvalue weighted by Crippen LogP contribution is -2.30. The van der Waals surface area contributed by atoms with Crippen LogP contribution in [0.15, 0.2) is 28.7 Å².